The molecule has 0 spiro atoms. The molecule has 1 heterocycles. The number of fused-ring (bicyclic) bond motifs is 1. The Kier molecular flexibility index (Phi) is 6.75. The molecular formula is C23H27N3O2S. The molecule has 3 aromatic rings. The van der Waals surface area contributed by atoms with E-state index in [0.29, 0.717) is 22.0 Å². The van der Waals surface area contributed by atoms with Gasteiger partial charge >= 0.3 is 0 Å². The summed E-state index contributed by atoms with van der Waals surface area (Å²) in [6.07, 6.45) is 0.932. The number of benzene rings is 2. The number of aromatic nitrogens is 2. The molecule has 0 fully saturated rings. The standard InChI is InChI=1S/C23H27N3O2S/c1-5-17-10-12-18(13-11-17)26-22(28)19-8-6-7-9-20(19)25-23(26)29-14-21(27)24-16(4)15(2)3/h6-13,15-16H,5,14H2,1-4H3,(H,24,27)/t16-/m1/s1. The van der Waals surface area contributed by atoms with Gasteiger partial charge in [-0.05, 0) is 49.1 Å². The Morgan fingerprint density at radius 2 is 1.79 bits per heavy atom. The highest BCUT2D eigenvalue weighted by molar-refractivity contribution is 7.99. The van der Waals surface area contributed by atoms with E-state index in [1.807, 2.05) is 49.4 Å². The van der Waals surface area contributed by atoms with Crippen LogP contribution in [0.25, 0.3) is 16.6 Å². The molecule has 152 valence electrons. The maximum Gasteiger partial charge on any atom is 0.266 e. The number of carbonyl (C=O) groups is 1. The van der Waals surface area contributed by atoms with Gasteiger partial charge in [-0.25, -0.2) is 4.98 Å². The van der Waals surface area contributed by atoms with Crippen molar-refractivity contribution < 1.29 is 4.79 Å². The number of hydrogen-bond donors (Lipinski definition) is 1. The summed E-state index contributed by atoms with van der Waals surface area (Å²) >= 11 is 1.28. The molecule has 0 aliphatic rings. The number of rotatable bonds is 7. The SMILES string of the molecule is CCc1ccc(-n2c(SCC(=O)N[C@H](C)C(C)C)nc3ccccc3c2=O)cc1. The van der Waals surface area contributed by atoms with Crippen molar-refractivity contribution in [2.45, 2.75) is 45.3 Å². The van der Waals surface area contributed by atoms with Gasteiger partial charge < -0.3 is 5.32 Å². The minimum Gasteiger partial charge on any atom is -0.353 e. The summed E-state index contributed by atoms with van der Waals surface area (Å²) in [5.41, 5.74) is 2.46. The third-order valence-corrected chi connectivity index (χ3v) is 6.01. The van der Waals surface area contributed by atoms with E-state index >= 15 is 0 Å². The summed E-state index contributed by atoms with van der Waals surface area (Å²) in [6.45, 7) is 8.23. The molecule has 0 saturated heterocycles. The van der Waals surface area contributed by atoms with Crippen LogP contribution in [0.3, 0.4) is 0 Å². The molecule has 1 amide bonds. The summed E-state index contributed by atoms with van der Waals surface area (Å²) in [7, 11) is 0. The predicted octanol–water partition coefficient (Wildman–Crippen LogP) is 4.20. The smallest absolute Gasteiger partial charge is 0.266 e. The first kappa shape index (κ1) is 21.1. The van der Waals surface area contributed by atoms with Gasteiger partial charge in [0, 0.05) is 6.04 Å². The van der Waals surface area contributed by atoms with E-state index < -0.39 is 0 Å². The molecule has 3 rings (SSSR count). The van der Waals surface area contributed by atoms with E-state index in [-0.39, 0.29) is 23.3 Å². The van der Waals surface area contributed by atoms with E-state index in [9.17, 15) is 9.59 Å². The second-order valence-electron chi connectivity index (χ2n) is 7.46. The highest BCUT2D eigenvalue weighted by atomic mass is 32.2. The van der Waals surface area contributed by atoms with Crippen LogP contribution in [0.5, 0.6) is 0 Å². The quantitative estimate of drug-likeness (QED) is 0.469. The van der Waals surface area contributed by atoms with Crippen molar-refractivity contribution in [2.24, 2.45) is 5.92 Å². The van der Waals surface area contributed by atoms with Gasteiger partial charge in [-0.3, -0.25) is 14.2 Å². The minimum atomic E-state index is -0.127. The third-order valence-electron chi connectivity index (χ3n) is 5.07. The molecule has 0 aliphatic heterocycles. The second kappa shape index (κ2) is 9.27. The summed E-state index contributed by atoms with van der Waals surface area (Å²) in [5.74, 6) is 0.499. The van der Waals surface area contributed by atoms with Gasteiger partial charge in [-0.15, -0.1) is 0 Å². The fourth-order valence-electron chi connectivity index (χ4n) is 2.91. The summed E-state index contributed by atoms with van der Waals surface area (Å²) in [6, 6.07) is 15.3. The van der Waals surface area contributed by atoms with E-state index in [1.165, 1.54) is 17.3 Å². The van der Waals surface area contributed by atoms with Crippen LogP contribution < -0.4 is 10.9 Å². The molecule has 5 nitrogen and oxygen atoms in total. The number of amides is 1. The number of carbonyl (C=O) groups excluding carboxylic acids is 1. The average molecular weight is 410 g/mol. The number of hydrogen-bond acceptors (Lipinski definition) is 4. The highest BCUT2D eigenvalue weighted by Gasteiger charge is 2.16. The molecule has 0 aliphatic carbocycles. The Balaban J connectivity index is 1.98. The molecule has 0 radical (unpaired) electrons. The number of aryl methyl sites for hydroxylation is 1. The molecule has 29 heavy (non-hydrogen) atoms. The van der Waals surface area contributed by atoms with Gasteiger partial charge in [0.15, 0.2) is 5.16 Å². The van der Waals surface area contributed by atoms with E-state index in [2.05, 4.69) is 31.1 Å². The Morgan fingerprint density at radius 1 is 1.10 bits per heavy atom. The Labute approximate surface area is 175 Å². The molecule has 0 unspecified atom stereocenters. The molecular weight excluding hydrogens is 382 g/mol. The van der Waals surface area contributed by atoms with Crippen LogP contribution >= 0.6 is 11.8 Å². The summed E-state index contributed by atoms with van der Waals surface area (Å²) in [5, 5.41) is 4.08. The largest absolute Gasteiger partial charge is 0.353 e. The second-order valence-corrected chi connectivity index (χ2v) is 8.40. The van der Waals surface area contributed by atoms with Crippen LogP contribution in [0.15, 0.2) is 58.5 Å². The van der Waals surface area contributed by atoms with Gasteiger partial charge in [-0.2, -0.15) is 0 Å². The number of nitrogens with zero attached hydrogens (tertiary/aromatic N) is 2. The van der Waals surface area contributed by atoms with Gasteiger partial charge in [-0.1, -0.05) is 56.8 Å². The van der Waals surface area contributed by atoms with Crippen molar-refractivity contribution in [1.82, 2.24) is 14.9 Å². The topological polar surface area (TPSA) is 64.0 Å². The molecule has 6 heteroatoms. The lowest BCUT2D eigenvalue weighted by Crippen LogP contribution is -2.37. The first-order valence-electron chi connectivity index (χ1n) is 9.94. The van der Waals surface area contributed by atoms with Gasteiger partial charge in [0.1, 0.15) is 0 Å². The van der Waals surface area contributed by atoms with Crippen LogP contribution in [0.2, 0.25) is 0 Å². The molecule has 1 aromatic heterocycles. The van der Waals surface area contributed by atoms with Crippen LogP contribution in [-0.4, -0.2) is 27.3 Å². The highest BCUT2D eigenvalue weighted by Crippen LogP contribution is 2.21. The number of thioether (sulfide) groups is 1. The fraction of sp³-hybridized carbons (Fsp3) is 0.348. The van der Waals surface area contributed by atoms with E-state index in [4.69, 9.17) is 0 Å². The zero-order valence-corrected chi connectivity index (χ0v) is 18.1. The summed E-state index contributed by atoms with van der Waals surface area (Å²) in [4.78, 5) is 30.3. The number of para-hydroxylation sites is 1. The molecule has 1 N–H and O–H groups in total. The molecule has 1 atom stereocenters. The monoisotopic (exact) mass is 409 g/mol. The maximum absolute atomic E-state index is 13.2. The first-order chi connectivity index (χ1) is 13.9. The van der Waals surface area contributed by atoms with Crippen LogP contribution in [0.4, 0.5) is 0 Å². The van der Waals surface area contributed by atoms with Crippen molar-refractivity contribution in [3.63, 3.8) is 0 Å². The lowest BCUT2D eigenvalue weighted by atomic mass is 10.1. The van der Waals surface area contributed by atoms with Gasteiger partial charge in [0.2, 0.25) is 5.91 Å². The van der Waals surface area contributed by atoms with Crippen molar-refractivity contribution >= 4 is 28.6 Å². The molecule has 2 aromatic carbocycles. The predicted molar refractivity (Wildman–Crippen MR) is 120 cm³/mol. The van der Waals surface area contributed by atoms with Crippen molar-refractivity contribution in [2.75, 3.05) is 5.75 Å². The van der Waals surface area contributed by atoms with Crippen molar-refractivity contribution in [3.05, 3.63) is 64.4 Å². The molecule has 0 bridgehead atoms. The summed E-state index contributed by atoms with van der Waals surface area (Å²) < 4.78 is 1.60. The third kappa shape index (κ3) is 4.88. The maximum atomic E-state index is 13.2. The average Bonchev–Trinajstić information content (AvgIpc) is 2.72. The van der Waals surface area contributed by atoms with E-state index in [0.717, 1.165) is 12.1 Å². The Hall–Kier alpha value is -2.60. The Morgan fingerprint density at radius 3 is 2.45 bits per heavy atom. The zero-order chi connectivity index (χ0) is 21.0. The Bertz CT molecular complexity index is 1060. The van der Waals surface area contributed by atoms with Crippen molar-refractivity contribution in [1.29, 1.82) is 0 Å². The minimum absolute atomic E-state index is 0.0634. The van der Waals surface area contributed by atoms with Crippen LogP contribution in [-0.2, 0) is 11.2 Å². The van der Waals surface area contributed by atoms with E-state index in [1.54, 1.807) is 10.6 Å². The van der Waals surface area contributed by atoms with Gasteiger partial charge in [0.25, 0.3) is 5.56 Å². The van der Waals surface area contributed by atoms with Gasteiger partial charge in [0.05, 0.1) is 22.3 Å². The fourth-order valence-corrected chi connectivity index (χ4v) is 3.73. The van der Waals surface area contributed by atoms with Crippen molar-refractivity contribution in [3.8, 4) is 5.69 Å². The molecule has 0 saturated carbocycles. The van der Waals surface area contributed by atoms with Crippen LogP contribution in [0, 0.1) is 5.92 Å². The normalized spacial score (nSPS) is 12.3. The lowest BCUT2D eigenvalue weighted by Gasteiger charge is -2.18. The first-order valence-corrected chi connectivity index (χ1v) is 10.9. The lowest BCUT2D eigenvalue weighted by molar-refractivity contribution is -0.119. The van der Waals surface area contributed by atoms with Crippen LogP contribution in [0.1, 0.15) is 33.3 Å². The zero-order valence-electron chi connectivity index (χ0n) is 17.3. The number of nitrogens with one attached hydrogen (secondary N) is 1.